The van der Waals surface area contributed by atoms with Crippen molar-refractivity contribution in [1.82, 2.24) is 20.5 Å². The summed E-state index contributed by atoms with van der Waals surface area (Å²) in [7, 11) is 3.06. The molecule has 1 aliphatic heterocycles. The molecule has 0 spiro atoms. The van der Waals surface area contributed by atoms with Crippen molar-refractivity contribution in [3.8, 4) is 22.9 Å². The Bertz CT molecular complexity index is 1190. The van der Waals surface area contributed by atoms with Crippen molar-refractivity contribution >= 4 is 29.4 Å². The number of ether oxygens (including phenoxy) is 2. The van der Waals surface area contributed by atoms with Gasteiger partial charge in [0.15, 0.2) is 5.82 Å². The first-order chi connectivity index (χ1) is 15.5. The number of amides is 3. The Hall–Kier alpha value is -4.41. The predicted molar refractivity (Wildman–Crippen MR) is 114 cm³/mol. The number of rotatable bonds is 6. The summed E-state index contributed by atoms with van der Waals surface area (Å²) in [5.74, 6) is 0.0480. The van der Waals surface area contributed by atoms with Gasteiger partial charge in [0.05, 0.1) is 37.5 Å². The van der Waals surface area contributed by atoms with Gasteiger partial charge in [-0.15, -0.1) is 5.10 Å². The van der Waals surface area contributed by atoms with Gasteiger partial charge < -0.3 is 20.1 Å². The fraction of sp³-hybridized carbons (Fsp3) is 0.190. The van der Waals surface area contributed by atoms with Crippen molar-refractivity contribution in [1.29, 1.82) is 0 Å². The van der Waals surface area contributed by atoms with Crippen molar-refractivity contribution in [2.45, 2.75) is 12.5 Å². The van der Waals surface area contributed by atoms with Gasteiger partial charge in [-0.1, -0.05) is 12.1 Å². The summed E-state index contributed by atoms with van der Waals surface area (Å²) in [6.45, 7) is 0. The number of hydrogen-bond acceptors (Lipinski definition) is 7. The van der Waals surface area contributed by atoms with Crippen molar-refractivity contribution in [3.63, 3.8) is 0 Å². The number of anilines is 2. The summed E-state index contributed by atoms with van der Waals surface area (Å²) >= 11 is 0. The summed E-state index contributed by atoms with van der Waals surface area (Å²) < 4.78 is 10.5. The largest absolute Gasteiger partial charge is 0.497 e. The molecule has 0 aliphatic carbocycles. The lowest BCUT2D eigenvalue weighted by Gasteiger charge is -2.13. The third kappa shape index (κ3) is 4.21. The van der Waals surface area contributed by atoms with Gasteiger partial charge >= 0.3 is 0 Å². The van der Waals surface area contributed by atoms with Crippen molar-refractivity contribution in [3.05, 3.63) is 48.0 Å². The Labute approximate surface area is 182 Å². The molecule has 2 heterocycles. The van der Waals surface area contributed by atoms with Crippen LogP contribution in [-0.2, 0) is 9.59 Å². The van der Waals surface area contributed by atoms with Gasteiger partial charge in [-0.05, 0) is 24.3 Å². The highest BCUT2D eigenvalue weighted by molar-refractivity contribution is 6.11. The molecule has 164 valence electrons. The average molecular weight is 436 g/mol. The van der Waals surface area contributed by atoms with E-state index in [-0.39, 0.29) is 12.4 Å². The Morgan fingerprint density at radius 1 is 1.09 bits per heavy atom. The number of nitrogens with zero attached hydrogens (tertiary/aromatic N) is 2. The van der Waals surface area contributed by atoms with E-state index in [2.05, 4.69) is 31.1 Å². The zero-order valence-corrected chi connectivity index (χ0v) is 17.3. The molecule has 0 saturated heterocycles. The maximum Gasteiger partial charge on any atom is 0.254 e. The van der Waals surface area contributed by atoms with Gasteiger partial charge in [-0.2, -0.15) is 4.98 Å². The lowest BCUT2D eigenvalue weighted by molar-refractivity contribution is -0.122. The second-order valence-corrected chi connectivity index (χ2v) is 6.89. The number of carbonyl (C=O) groups excluding carboxylic acids is 3. The van der Waals surface area contributed by atoms with E-state index in [1.165, 1.54) is 7.11 Å². The van der Waals surface area contributed by atoms with Crippen LogP contribution in [0.2, 0.25) is 0 Å². The number of para-hydroxylation sites is 1. The Morgan fingerprint density at radius 2 is 1.91 bits per heavy atom. The number of methoxy groups -OCH3 is 2. The number of aromatic amines is 1. The highest BCUT2D eigenvalue weighted by atomic mass is 16.5. The van der Waals surface area contributed by atoms with Crippen LogP contribution in [0, 0.1) is 0 Å². The van der Waals surface area contributed by atoms with E-state index in [1.807, 2.05) is 0 Å². The first-order valence-electron chi connectivity index (χ1n) is 9.64. The summed E-state index contributed by atoms with van der Waals surface area (Å²) in [5, 5.41) is 14.5. The molecular weight excluding hydrogens is 416 g/mol. The maximum atomic E-state index is 12.5. The third-order valence-corrected chi connectivity index (χ3v) is 4.84. The van der Waals surface area contributed by atoms with E-state index >= 15 is 0 Å². The maximum absolute atomic E-state index is 12.5. The molecule has 0 fully saturated rings. The zero-order valence-electron chi connectivity index (χ0n) is 17.3. The van der Waals surface area contributed by atoms with Gasteiger partial charge in [0.25, 0.3) is 5.91 Å². The van der Waals surface area contributed by atoms with Crippen LogP contribution in [0.15, 0.2) is 42.5 Å². The standard InChI is InChI=1S/C21H20N6O5/c1-31-11-7-8-13(16(9-11)32-2)18-25-21(27-26-18)24-17(28)10-15-20(30)22-14-6-4-3-5-12(14)19(29)23-15/h3-9,15H,10H2,1-2H3,(H,22,30)(H,23,29)(H2,24,25,26,27,28)/t15-/m0/s1. The van der Waals surface area contributed by atoms with Crippen LogP contribution < -0.4 is 25.4 Å². The zero-order chi connectivity index (χ0) is 22.7. The van der Waals surface area contributed by atoms with E-state index in [0.29, 0.717) is 34.1 Å². The van der Waals surface area contributed by atoms with Gasteiger partial charge in [0.1, 0.15) is 17.5 Å². The number of nitrogens with one attached hydrogen (secondary N) is 4. The molecule has 3 amide bonds. The fourth-order valence-electron chi connectivity index (χ4n) is 3.25. The molecule has 11 heteroatoms. The van der Waals surface area contributed by atoms with Gasteiger partial charge in [-0.3, -0.25) is 24.8 Å². The van der Waals surface area contributed by atoms with Crippen LogP contribution >= 0.6 is 0 Å². The van der Waals surface area contributed by atoms with Crippen LogP contribution in [0.1, 0.15) is 16.8 Å². The minimum atomic E-state index is -1.05. The van der Waals surface area contributed by atoms with Crippen LogP contribution in [-0.4, -0.2) is 53.2 Å². The molecule has 4 N–H and O–H groups in total. The van der Waals surface area contributed by atoms with Gasteiger partial charge in [0, 0.05) is 6.07 Å². The van der Waals surface area contributed by atoms with Crippen LogP contribution in [0.25, 0.3) is 11.4 Å². The molecule has 0 radical (unpaired) electrons. The van der Waals surface area contributed by atoms with Crippen LogP contribution in [0.3, 0.4) is 0 Å². The smallest absolute Gasteiger partial charge is 0.254 e. The Morgan fingerprint density at radius 3 is 2.69 bits per heavy atom. The molecule has 2 aromatic carbocycles. The minimum Gasteiger partial charge on any atom is -0.497 e. The van der Waals surface area contributed by atoms with E-state index in [0.717, 1.165) is 0 Å². The fourth-order valence-corrected chi connectivity index (χ4v) is 3.25. The lowest BCUT2D eigenvalue weighted by Crippen LogP contribution is -2.43. The normalized spacial score (nSPS) is 15.1. The number of hydrogen-bond donors (Lipinski definition) is 4. The molecule has 32 heavy (non-hydrogen) atoms. The highest BCUT2D eigenvalue weighted by Crippen LogP contribution is 2.31. The number of H-pyrrole nitrogens is 1. The molecule has 1 atom stereocenters. The monoisotopic (exact) mass is 436 g/mol. The molecule has 11 nitrogen and oxygen atoms in total. The quantitative estimate of drug-likeness (QED) is 0.458. The van der Waals surface area contributed by atoms with E-state index in [9.17, 15) is 14.4 Å². The number of benzene rings is 2. The summed E-state index contributed by atoms with van der Waals surface area (Å²) in [6, 6.07) is 10.7. The molecular formula is C21H20N6O5. The molecule has 1 aliphatic rings. The minimum absolute atomic E-state index is 0.0199. The summed E-state index contributed by atoms with van der Waals surface area (Å²) in [6.07, 6.45) is -0.290. The van der Waals surface area contributed by atoms with Crippen molar-refractivity contribution in [2.24, 2.45) is 0 Å². The molecule has 3 aromatic rings. The average Bonchev–Trinajstić information content (AvgIpc) is 3.21. The second kappa shape index (κ2) is 8.76. The highest BCUT2D eigenvalue weighted by Gasteiger charge is 2.29. The number of aromatic nitrogens is 3. The topological polar surface area (TPSA) is 147 Å². The molecule has 4 rings (SSSR count). The van der Waals surface area contributed by atoms with Gasteiger partial charge in [-0.25, -0.2) is 0 Å². The summed E-state index contributed by atoms with van der Waals surface area (Å²) in [5.41, 5.74) is 1.34. The van der Waals surface area contributed by atoms with E-state index < -0.39 is 23.8 Å². The Kier molecular flexibility index (Phi) is 5.71. The van der Waals surface area contributed by atoms with Crippen LogP contribution in [0.5, 0.6) is 11.5 Å². The van der Waals surface area contributed by atoms with E-state index in [4.69, 9.17) is 9.47 Å². The molecule has 0 saturated carbocycles. The van der Waals surface area contributed by atoms with Crippen molar-refractivity contribution < 1.29 is 23.9 Å². The van der Waals surface area contributed by atoms with E-state index in [1.54, 1.807) is 49.6 Å². The van der Waals surface area contributed by atoms with Gasteiger partial charge in [0.2, 0.25) is 17.8 Å². The predicted octanol–water partition coefficient (Wildman–Crippen LogP) is 1.57. The number of carbonyl (C=O) groups is 3. The molecule has 1 aromatic heterocycles. The second-order valence-electron chi connectivity index (χ2n) is 6.89. The van der Waals surface area contributed by atoms with Crippen molar-refractivity contribution in [2.75, 3.05) is 24.9 Å². The molecule has 0 bridgehead atoms. The SMILES string of the molecule is COc1ccc(-c2nc(NC(=O)C[C@@H]3NC(=O)c4ccccc4NC3=O)n[nH]2)c(OC)c1. The number of fused-ring (bicyclic) bond motifs is 1. The Balaban J connectivity index is 1.44. The lowest BCUT2D eigenvalue weighted by atomic mass is 10.1. The first kappa shape index (κ1) is 20.8. The van der Waals surface area contributed by atoms with Crippen LogP contribution in [0.4, 0.5) is 11.6 Å². The first-order valence-corrected chi connectivity index (χ1v) is 9.64. The third-order valence-electron chi connectivity index (χ3n) is 4.84. The molecule has 0 unspecified atom stereocenters. The summed E-state index contributed by atoms with van der Waals surface area (Å²) in [4.78, 5) is 41.6.